The Balaban J connectivity index is 1.98. The molecule has 1 aromatic heterocycles. The molecule has 0 fully saturated rings. The predicted molar refractivity (Wildman–Crippen MR) is 71.7 cm³/mol. The van der Waals surface area contributed by atoms with Gasteiger partial charge in [-0.25, -0.2) is 9.37 Å². The van der Waals surface area contributed by atoms with Crippen molar-refractivity contribution in [2.24, 2.45) is 0 Å². The third-order valence-electron chi connectivity index (χ3n) is 2.58. The van der Waals surface area contributed by atoms with Crippen LogP contribution >= 0.6 is 0 Å². The molecule has 0 saturated carbocycles. The number of anilines is 1. The number of hydrogen-bond donors (Lipinski definition) is 1. The van der Waals surface area contributed by atoms with Crippen molar-refractivity contribution < 1.29 is 9.13 Å². The highest BCUT2D eigenvalue weighted by Crippen LogP contribution is 2.19. The molecule has 4 nitrogen and oxygen atoms in total. The van der Waals surface area contributed by atoms with Crippen molar-refractivity contribution in [1.29, 1.82) is 0 Å². The summed E-state index contributed by atoms with van der Waals surface area (Å²) in [5.74, 6) is 1.13. The summed E-state index contributed by atoms with van der Waals surface area (Å²) in [7, 11) is 0. The third-order valence-corrected chi connectivity index (χ3v) is 2.58. The maximum absolute atomic E-state index is 12.9. The fourth-order valence-corrected chi connectivity index (χ4v) is 1.63. The highest BCUT2D eigenvalue weighted by atomic mass is 19.1. The second-order valence-electron chi connectivity index (χ2n) is 4.12. The smallest absolute Gasteiger partial charge is 0.144 e. The Bertz CT molecular complexity index is 543. The summed E-state index contributed by atoms with van der Waals surface area (Å²) in [4.78, 5) is 8.44. The van der Waals surface area contributed by atoms with Crippen LogP contribution in [0.2, 0.25) is 0 Å². The molecular formula is C14H16FN3O. The van der Waals surface area contributed by atoms with Crippen LogP contribution in [0.1, 0.15) is 18.2 Å². The van der Waals surface area contributed by atoms with Gasteiger partial charge in [0, 0.05) is 6.54 Å². The first-order chi connectivity index (χ1) is 9.19. The van der Waals surface area contributed by atoms with Gasteiger partial charge in [-0.1, -0.05) is 0 Å². The van der Waals surface area contributed by atoms with Crippen LogP contribution in [-0.4, -0.2) is 16.5 Å². The molecule has 100 valence electrons. The van der Waals surface area contributed by atoms with E-state index in [2.05, 4.69) is 15.3 Å². The second-order valence-corrected chi connectivity index (χ2v) is 4.12. The number of nitrogens with zero attached hydrogens (tertiary/aromatic N) is 2. The van der Waals surface area contributed by atoms with Gasteiger partial charge in [-0.2, -0.15) is 0 Å². The van der Waals surface area contributed by atoms with Gasteiger partial charge < -0.3 is 10.1 Å². The maximum Gasteiger partial charge on any atom is 0.144 e. The van der Waals surface area contributed by atoms with Crippen LogP contribution in [0.5, 0.6) is 5.75 Å². The molecule has 1 N–H and O–H groups in total. The fourth-order valence-electron chi connectivity index (χ4n) is 1.63. The van der Waals surface area contributed by atoms with Crippen LogP contribution in [0, 0.1) is 12.7 Å². The first-order valence-corrected chi connectivity index (χ1v) is 6.12. The molecule has 5 heteroatoms. The van der Waals surface area contributed by atoms with E-state index < -0.39 is 0 Å². The molecule has 0 atom stereocenters. The van der Waals surface area contributed by atoms with Crippen molar-refractivity contribution in [2.45, 2.75) is 20.5 Å². The van der Waals surface area contributed by atoms with Crippen molar-refractivity contribution in [3.63, 3.8) is 0 Å². The number of aromatic nitrogens is 2. The summed E-state index contributed by atoms with van der Waals surface area (Å²) in [6.45, 7) is 4.92. The predicted octanol–water partition coefficient (Wildman–Crippen LogP) is 2.93. The summed E-state index contributed by atoms with van der Waals surface area (Å²) < 4.78 is 18.5. The molecule has 0 radical (unpaired) electrons. The number of benzene rings is 1. The average Bonchev–Trinajstić information content (AvgIpc) is 2.40. The van der Waals surface area contributed by atoms with Gasteiger partial charge in [-0.05, 0) is 37.6 Å². The molecule has 0 aliphatic heterocycles. The van der Waals surface area contributed by atoms with Crippen molar-refractivity contribution in [3.05, 3.63) is 47.7 Å². The molecule has 0 aliphatic carbocycles. The fraction of sp³-hybridized carbons (Fsp3) is 0.286. The first kappa shape index (κ1) is 13.3. The molecule has 0 amide bonds. The van der Waals surface area contributed by atoms with Gasteiger partial charge in [0.1, 0.15) is 24.0 Å². The number of nitrogens with one attached hydrogen (secondary N) is 1. The van der Waals surface area contributed by atoms with Crippen LogP contribution in [0.25, 0.3) is 0 Å². The average molecular weight is 261 g/mol. The second kappa shape index (κ2) is 6.13. The molecule has 19 heavy (non-hydrogen) atoms. The van der Waals surface area contributed by atoms with Gasteiger partial charge in [0.25, 0.3) is 0 Å². The van der Waals surface area contributed by atoms with Gasteiger partial charge in [0.2, 0.25) is 0 Å². The Labute approximate surface area is 111 Å². The molecule has 0 unspecified atom stereocenters. The molecule has 1 aromatic carbocycles. The monoisotopic (exact) mass is 261 g/mol. The van der Waals surface area contributed by atoms with E-state index in [4.69, 9.17) is 4.74 Å². The summed E-state index contributed by atoms with van der Waals surface area (Å²) in [6.07, 6.45) is 3.33. The highest BCUT2D eigenvalue weighted by Gasteiger charge is 2.03. The molecule has 2 rings (SSSR count). The van der Waals surface area contributed by atoms with E-state index in [-0.39, 0.29) is 5.82 Å². The molecule has 0 bridgehead atoms. The Hall–Kier alpha value is -2.17. The lowest BCUT2D eigenvalue weighted by Crippen LogP contribution is -2.03. The number of ether oxygens (including phenoxy) is 1. The van der Waals surface area contributed by atoms with Crippen LogP contribution in [0.15, 0.2) is 30.6 Å². The lowest BCUT2D eigenvalue weighted by molar-refractivity contribution is 0.298. The minimum atomic E-state index is -0.264. The van der Waals surface area contributed by atoms with Crippen LogP contribution in [0.3, 0.4) is 0 Å². The first-order valence-electron chi connectivity index (χ1n) is 6.12. The van der Waals surface area contributed by atoms with Crippen molar-refractivity contribution in [1.82, 2.24) is 9.97 Å². The van der Waals surface area contributed by atoms with Gasteiger partial charge in [0.05, 0.1) is 18.1 Å². The molecule has 0 spiro atoms. The van der Waals surface area contributed by atoms with Crippen LogP contribution < -0.4 is 10.1 Å². The quantitative estimate of drug-likeness (QED) is 0.899. The zero-order valence-electron chi connectivity index (χ0n) is 11.0. The van der Waals surface area contributed by atoms with Crippen molar-refractivity contribution in [2.75, 3.05) is 11.9 Å². The summed E-state index contributed by atoms with van der Waals surface area (Å²) >= 11 is 0. The molecular weight excluding hydrogens is 245 g/mol. The Morgan fingerprint density at radius 3 is 2.74 bits per heavy atom. The number of hydrogen-bond acceptors (Lipinski definition) is 4. The molecule has 0 saturated heterocycles. The number of aryl methyl sites for hydroxylation is 1. The van der Waals surface area contributed by atoms with Gasteiger partial charge in [-0.3, -0.25) is 4.98 Å². The van der Waals surface area contributed by atoms with Crippen molar-refractivity contribution in [3.8, 4) is 5.75 Å². The van der Waals surface area contributed by atoms with Gasteiger partial charge in [-0.15, -0.1) is 0 Å². The summed E-state index contributed by atoms with van der Waals surface area (Å²) in [5, 5.41) is 3.07. The Morgan fingerprint density at radius 2 is 2.11 bits per heavy atom. The van der Waals surface area contributed by atoms with Gasteiger partial charge in [0.15, 0.2) is 0 Å². The zero-order valence-corrected chi connectivity index (χ0v) is 11.0. The highest BCUT2D eigenvalue weighted by molar-refractivity contribution is 5.33. The standard InChI is InChI=1S/C14H16FN3O/c1-3-16-14-8-17-12(7-18-14)9-19-13-5-4-11(15)6-10(13)2/h4-8H,3,9H2,1-2H3,(H,16,18). The van der Waals surface area contributed by atoms with E-state index in [1.165, 1.54) is 12.1 Å². The van der Waals surface area contributed by atoms with Crippen molar-refractivity contribution >= 4 is 5.82 Å². The number of halogens is 1. The SMILES string of the molecule is CCNc1cnc(COc2ccc(F)cc2C)cn1. The van der Waals surface area contributed by atoms with E-state index in [0.717, 1.165) is 23.6 Å². The van der Waals surface area contributed by atoms with E-state index in [0.29, 0.717) is 12.4 Å². The third kappa shape index (κ3) is 3.64. The van der Waals surface area contributed by atoms with E-state index >= 15 is 0 Å². The van der Waals surface area contributed by atoms with Crippen LogP contribution in [0.4, 0.5) is 10.2 Å². The van der Waals surface area contributed by atoms with E-state index in [1.54, 1.807) is 25.4 Å². The topological polar surface area (TPSA) is 47.0 Å². The van der Waals surface area contributed by atoms with Crippen LogP contribution in [-0.2, 0) is 6.61 Å². The molecule has 2 aromatic rings. The van der Waals surface area contributed by atoms with E-state index in [9.17, 15) is 4.39 Å². The molecule has 0 aliphatic rings. The minimum absolute atomic E-state index is 0.264. The van der Waals surface area contributed by atoms with Gasteiger partial charge >= 0.3 is 0 Å². The zero-order chi connectivity index (χ0) is 13.7. The Kier molecular flexibility index (Phi) is 4.28. The van der Waals surface area contributed by atoms with E-state index in [1.807, 2.05) is 6.92 Å². The lowest BCUT2D eigenvalue weighted by atomic mass is 10.2. The number of rotatable bonds is 5. The largest absolute Gasteiger partial charge is 0.487 e. The Morgan fingerprint density at radius 1 is 1.26 bits per heavy atom. The lowest BCUT2D eigenvalue weighted by Gasteiger charge is -2.09. The normalized spacial score (nSPS) is 10.3. The summed E-state index contributed by atoms with van der Waals surface area (Å²) in [6, 6.07) is 4.43. The summed E-state index contributed by atoms with van der Waals surface area (Å²) in [5.41, 5.74) is 1.49. The molecule has 1 heterocycles. The minimum Gasteiger partial charge on any atom is -0.487 e. The maximum atomic E-state index is 12.9.